The van der Waals surface area contributed by atoms with Gasteiger partial charge in [-0.2, -0.15) is 15.4 Å². The van der Waals surface area contributed by atoms with Gasteiger partial charge in [0.25, 0.3) is 0 Å². The zero-order valence-corrected chi connectivity index (χ0v) is 14.3. The van der Waals surface area contributed by atoms with Gasteiger partial charge in [-0.25, -0.2) is 4.39 Å². The summed E-state index contributed by atoms with van der Waals surface area (Å²) in [5.41, 5.74) is 2.69. The van der Waals surface area contributed by atoms with Crippen molar-refractivity contribution in [1.29, 1.82) is 0 Å². The van der Waals surface area contributed by atoms with Crippen molar-refractivity contribution in [3.8, 4) is 33.3 Å². The summed E-state index contributed by atoms with van der Waals surface area (Å²) in [5, 5.41) is 21.7. The molecule has 2 aromatic carbocycles. The van der Waals surface area contributed by atoms with Crippen molar-refractivity contribution in [2.45, 2.75) is 6.92 Å². The van der Waals surface area contributed by atoms with Crippen LogP contribution in [0.1, 0.15) is 5.56 Å². The number of halogens is 1. The number of methoxy groups -OCH3 is 1. The SMILES string of the molecule is COc1cc(-c2n[nH]nc2-c2cc3cc(F)c(C)cc3s2)ccc1O. The number of nitrogens with one attached hydrogen (secondary N) is 1. The van der Waals surface area contributed by atoms with Crippen molar-refractivity contribution >= 4 is 21.4 Å². The molecule has 0 atom stereocenters. The van der Waals surface area contributed by atoms with E-state index >= 15 is 0 Å². The summed E-state index contributed by atoms with van der Waals surface area (Å²) in [7, 11) is 1.49. The predicted molar refractivity (Wildman–Crippen MR) is 95.5 cm³/mol. The minimum atomic E-state index is -0.222. The van der Waals surface area contributed by atoms with E-state index in [-0.39, 0.29) is 11.6 Å². The fourth-order valence-electron chi connectivity index (χ4n) is 2.71. The molecule has 2 aromatic heterocycles. The highest BCUT2D eigenvalue weighted by atomic mass is 32.1. The second kappa shape index (κ2) is 5.86. The first-order chi connectivity index (χ1) is 12.1. The van der Waals surface area contributed by atoms with Crippen molar-refractivity contribution in [3.05, 3.63) is 47.8 Å². The number of nitrogens with zero attached hydrogens (tertiary/aromatic N) is 2. The molecule has 5 nitrogen and oxygen atoms in total. The van der Waals surface area contributed by atoms with E-state index in [2.05, 4.69) is 15.4 Å². The van der Waals surface area contributed by atoms with Crippen LogP contribution < -0.4 is 4.74 Å². The number of aromatic amines is 1. The Bertz CT molecular complexity index is 1050. The number of thiophene rings is 1. The molecule has 0 unspecified atom stereocenters. The quantitative estimate of drug-likeness (QED) is 0.567. The van der Waals surface area contributed by atoms with Crippen LogP contribution >= 0.6 is 11.3 Å². The number of H-pyrrole nitrogens is 1. The Kier molecular flexibility index (Phi) is 3.65. The predicted octanol–water partition coefficient (Wildman–Crippen LogP) is 4.52. The van der Waals surface area contributed by atoms with Crippen molar-refractivity contribution in [2.75, 3.05) is 7.11 Å². The Morgan fingerprint density at radius 1 is 1.12 bits per heavy atom. The smallest absolute Gasteiger partial charge is 0.161 e. The van der Waals surface area contributed by atoms with Gasteiger partial charge >= 0.3 is 0 Å². The van der Waals surface area contributed by atoms with Crippen LogP contribution in [0, 0.1) is 12.7 Å². The molecule has 2 heterocycles. The van der Waals surface area contributed by atoms with E-state index in [0.29, 0.717) is 22.7 Å². The minimum Gasteiger partial charge on any atom is -0.504 e. The Hall–Kier alpha value is -2.93. The lowest BCUT2D eigenvalue weighted by molar-refractivity contribution is 0.373. The van der Waals surface area contributed by atoms with Gasteiger partial charge in [-0.3, -0.25) is 0 Å². The zero-order chi connectivity index (χ0) is 17.6. The van der Waals surface area contributed by atoms with Gasteiger partial charge in [0.1, 0.15) is 17.2 Å². The molecule has 0 saturated carbocycles. The lowest BCUT2D eigenvalue weighted by Gasteiger charge is -2.05. The van der Waals surface area contributed by atoms with Crippen LogP contribution in [0.2, 0.25) is 0 Å². The highest BCUT2D eigenvalue weighted by molar-refractivity contribution is 7.22. The normalized spacial score (nSPS) is 11.2. The molecule has 2 N–H and O–H groups in total. The largest absolute Gasteiger partial charge is 0.504 e. The maximum Gasteiger partial charge on any atom is 0.161 e. The van der Waals surface area contributed by atoms with Gasteiger partial charge in [0.05, 0.1) is 12.0 Å². The molecule has 25 heavy (non-hydrogen) atoms. The summed E-state index contributed by atoms with van der Waals surface area (Å²) in [6, 6.07) is 10.3. The first kappa shape index (κ1) is 15.6. The van der Waals surface area contributed by atoms with E-state index in [1.807, 2.05) is 12.1 Å². The minimum absolute atomic E-state index is 0.0594. The molecule has 0 amide bonds. The van der Waals surface area contributed by atoms with Crippen LogP contribution in [0.3, 0.4) is 0 Å². The van der Waals surface area contributed by atoms with E-state index in [1.165, 1.54) is 24.5 Å². The number of aromatic hydroxyl groups is 1. The van der Waals surface area contributed by atoms with E-state index in [9.17, 15) is 9.50 Å². The van der Waals surface area contributed by atoms with Crippen LogP contribution in [0.4, 0.5) is 4.39 Å². The first-order valence-corrected chi connectivity index (χ1v) is 8.36. The van der Waals surface area contributed by atoms with Gasteiger partial charge < -0.3 is 9.84 Å². The monoisotopic (exact) mass is 355 g/mol. The highest BCUT2D eigenvalue weighted by Crippen LogP contribution is 2.39. The number of benzene rings is 2. The second-order valence-corrected chi connectivity index (χ2v) is 6.74. The molecule has 0 saturated heterocycles. The third-order valence-electron chi connectivity index (χ3n) is 4.03. The maximum absolute atomic E-state index is 13.8. The van der Waals surface area contributed by atoms with Gasteiger partial charge in [-0.05, 0) is 54.3 Å². The Morgan fingerprint density at radius 2 is 1.92 bits per heavy atom. The molecular formula is C18H14FN3O2S. The zero-order valence-electron chi connectivity index (χ0n) is 13.5. The summed E-state index contributed by atoms with van der Waals surface area (Å²) >= 11 is 1.53. The van der Waals surface area contributed by atoms with Gasteiger partial charge in [-0.1, -0.05) is 0 Å². The lowest BCUT2D eigenvalue weighted by atomic mass is 10.1. The molecule has 0 radical (unpaired) electrons. The van der Waals surface area contributed by atoms with Crippen LogP contribution in [-0.4, -0.2) is 27.6 Å². The summed E-state index contributed by atoms with van der Waals surface area (Å²) in [6.07, 6.45) is 0. The summed E-state index contributed by atoms with van der Waals surface area (Å²) in [4.78, 5) is 0.885. The van der Waals surface area contributed by atoms with Crippen molar-refractivity contribution in [3.63, 3.8) is 0 Å². The second-order valence-electron chi connectivity index (χ2n) is 5.66. The number of phenols is 1. The molecule has 0 aliphatic heterocycles. The number of phenolic OH excluding ortho intramolecular Hbond substituents is 1. The Balaban J connectivity index is 1.85. The maximum atomic E-state index is 13.8. The third kappa shape index (κ3) is 2.62. The first-order valence-electron chi connectivity index (χ1n) is 7.55. The van der Waals surface area contributed by atoms with E-state index in [0.717, 1.165) is 20.5 Å². The van der Waals surface area contributed by atoms with Gasteiger partial charge in [0, 0.05) is 10.3 Å². The molecular weight excluding hydrogens is 341 g/mol. The number of fused-ring (bicyclic) bond motifs is 1. The summed E-state index contributed by atoms with van der Waals surface area (Å²) in [6.45, 7) is 1.75. The van der Waals surface area contributed by atoms with Crippen molar-refractivity contribution < 1.29 is 14.2 Å². The summed E-state index contributed by atoms with van der Waals surface area (Å²) < 4.78 is 19.9. The number of hydrogen-bond donors (Lipinski definition) is 2. The van der Waals surface area contributed by atoms with Gasteiger partial charge in [-0.15, -0.1) is 11.3 Å². The molecule has 4 rings (SSSR count). The molecule has 0 aliphatic rings. The van der Waals surface area contributed by atoms with Crippen LogP contribution in [0.5, 0.6) is 11.5 Å². The molecule has 0 bridgehead atoms. The van der Waals surface area contributed by atoms with Crippen molar-refractivity contribution in [2.24, 2.45) is 0 Å². The molecule has 0 aliphatic carbocycles. The average molecular weight is 355 g/mol. The van der Waals surface area contributed by atoms with E-state index in [1.54, 1.807) is 25.1 Å². The fraction of sp³-hybridized carbons (Fsp3) is 0.111. The molecule has 0 fully saturated rings. The number of hydrogen-bond acceptors (Lipinski definition) is 5. The molecule has 7 heteroatoms. The summed E-state index contributed by atoms with van der Waals surface area (Å²) in [5.74, 6) is 0.199. The average Bonchev–Trinajstić information content (AvgIpc) is 3.22. The Labute approximate surface area is 146 Å². The van der Waals surface area contributed by atoms with Crippen molar-refractivity contribution in [1.82, 2.24) is 15.4 Å². The van der Waals surface area contributed by atoms with Crippen LogP contribution in [-0.2, 0) is 0 Å². The molecule has 4 aromatic rings. The number of ether oxygens (including phenoxy) is 1. The molecule has 126 valence electrons. The van der Waals surface area contributed by atoms with Crippen LogP contribution in [0.15, 0.2) is 36.4 Å². The van der Waals surface area contributed by atoms with E-state index in [4.69, 9.17) is 4.74 Å². The van der Waals surface area contributed by atoms with Crippen LogP contribution in [0.25, 0.3) is 31.9 Å². The number of aromatic nitrogens is 3. The standard InChI is InChI=1S/C18H14FN3O2S/c1-9-5-15-11(6-12(9)19)8-16(25-15)18-17(20-22-21-18)10-3-4-13(23)14(7-10)24-2/h3-8,23H,1-2H3,(H,20,21,22). The number of aryl methyl sites for hydroxylation is 1. The molecule has 0 spiro atoms. The highest BCUT2D eigenvalue weighted by Gasteiger charge is 2.17. The van der Waals surface area contributed by atoms with Gasteiger partial charge in [0.15, 0.2) is 11.5 Å². The van der Waals surface area contributed by atoms with E-state index < -0.39 is 0 Å². The topological polar surface area (TPSA) is 71.0 Å². The fourth-order valence-corrected chi connectivity index (χ4v) is 3.84. The Morgan fingerprint density at radius 3 is 2.72 bits per heavy atom. The number of rotatable bonds is 3. The third-order valence-corrected chi connectivity index (χ3v) is 5.14. The lowest BCUT2D eigenvalue weighted by Crippen LogP contribution is -1.86. The van der Waals surface area contributed by atoms with Gasteiger partial charge in [0.2, 0.25) is 0 Å².